The first kappa shape index (κ1) is 28.9. The molecule has 184 valence electrons. The van der Waals surface area contributed by atoms with E-state index in [1.54, 1.807) is 0 Å². The fraction of sp³-hybridized carbons (Fsp3) is 0.759. The number of aryl methyl sites for hydroxylation is 1. The summed E-state index contributed by atoms with van der Waals surface area (Å²) in [5.41, 5.74) is 2.40. The van der Waals surface area contributed by atoms with Crippen molar-refractivity contribution in [2.45, 2.75) is 136 Å². The lowest BCUT2D eigenvalue weighted by atomic mass is 10.0. The van der Waals surface area contributed by atoms with Crippen molar-refractivity contribution in [3.8, 4) is 0 Å². The maximum absolute atomic E-state index is 5.68. The van der Waals surface area contributed by atoms with E-state index < -0.39 is 0 Å². The average molecular weight is 462 g/mol. The molecular formula is C29H51NOS. The molecule has 1 aromatic rings. The molecule has 32 heavy (non-hydrogen) atoms. The molecule has 0 aliphatic heterocycles. The van der Waals surface area contributed by atoms with E-state index in [-0.39, 0.29) is 0 Å². The third kappa shape index (κ3) is 17.5. The van der Waals surface area contributed by atoms with Gasteiger partial charge in [0.25, 0.3) is 5.17 Å². The van der Waals surface area contributed by atoms with Crippen molar-refractivity contribution >= 4 is 23.1 Å². The number of rotatable bonds is 21. The number of unbranched alkanes of at least 4 members (excludes halogenated alkanes) is 16. The van der Waals surface area contributed by atoms with E-state index in [1.165, 1.54) is 115 Å². The molecule has 0 radical (unpaired) electrons. The highest BCUT2D eigenvalue weighted by Gasteiger charge is 2.00. The third-order valence-electron chi connectivity index (χ3n) is 6.25. The minimum atomic E-state index is 0.493. The van der Waals surface area contributed by atoms with Gasteiger partial charge >= 0.3 is 0 Å². The predicted octanol–water partition coefficient (Wildman–Crippen LogP) is 10.0. The van der Waals surface area contributed by atoms with Crippen LogP contribution in [0.25, 0.3) is 0 Å². The predicted molar refractivity (Wildman–Crippen MR) is 147 cm³/mol. The molecule has 1 aromatic carbocycles. The number of thiocarbonyl (C=S) groups is 1. The Morgan fingerprint density at radius 3 is 1.53 bits per heavy atom. The van der Waals surface area contributed by atoms with Gasteiger partial charge in [-0.2, -0.15) is 0 Å². The highest BCUT2D eigenvalue weighted by molar-refractivity contribution is 7.80. The normalized spacial score (nSPS) is 10.9. The van der Waals surface area contributed by atoms with Crippen LogP contribution in [0.4, 0.5) is 5.69 Å². The molecule has 0 amide bonds. The van der Waals surface area contributed by atoms with Crippen LogP contribution in [0.1, 0.15) is 135 Å². The van der Waals surface area contributed by atoms with Crippen LogP contribution >= 0.6 is 12.2 Å². The molecule has 0 bridgehead atoms. The molecule has 0 aliphatic rings. The van der Waals surface area contributed by atoms with Gasteiger partial charge < -0.3 is 10.1 Å². The molecule has 0 aliphatic carbocycles. The lowest BCUT2D eigenvalue weighted by Crippen LogP contribution is -2.14. The average Bonchev–Trinajstić information content (AvgIpc) is 2.80. The largest absolute Gasteiger partial charge is 0.471 e. The highest BCUT2D eigenvalue weighted by Crippen LogP contribution is 2.14. The second-order valence-corrected chi connectivity index (χ2v) is 9.74. The Morgan fingerprint density at radius 2 is 1.06 bits per heavy atom. The fourth-order valence-corrected chi connectivity index (χ4v) is 4.31. The van der Waals surface area contributed by atoms with E-state index in [4.69, 9.17) is 17.0 Å². The summed E-state index contributed by atoms with van der Waals surface area (Å²) < 4.78 is 5.68. The Morgan fingerprint density at radius 1 is 0.625 bits per heavy atom. The number of ether oxygens (including phenoxy) is 1. The monoisotopic (exact) mass is 461 g/mol. The second kappa shape index (κ2) is 21.7. The van der Waals surface area contributed by atoms with Gasteiger partial charge in [-0.3, -0.25) is 0 Å². The van der Waals surface area contributed by atoms with Crippen LogP contribution in [-0.4, -0.2) is 11.8 Å². The third-order valence-corrected chi connectivity index (χ3v) is 6.47. The van der Waals surface area contributed by atoms with Crippen LogP contribution in [-0.2, 0) is 11.2 Å². The van der Waals surface area contributed by atoms with Gasteiger partial charge in [-0.15, -0.1) is 0 Å². The minimum absolute atomic E-state index is 0.493. The maximum Gasteiger partial charge on any atom is 0.261 e. The summed E-state index contributed by atoms with van der Waals surface area (Å²) in [6.07, 6.45) is 25.8. The zero-order valence-electron chi connectivity index (χ0n) is 21.3. The first-order chi connectivity index (χ1) is 15.8. The molecule has 0 saturated heterocycles. The van der Waals surface area contributed by atoms with E-state index in [1.807, 2.05) is 0 Å². The summed E-state index contributed by atoms with van der Waals surface area (Å²) >= 11 is 5.32. The van der Waals surface area contributed by atoms with Crippen LogP contribution in [0.3, 0.4) is 0 Å². The van der Waals surface area contributed by atoms with Gasteiger partial charge in [0.05, 0.1) is 6.61 Å². The highest BCUT2D eigenvalue weighted by atomic mass is 32.1. The Balaban J connectivity index is 1.84. The van der Waals surface area contributed by atoms with Crippen LogP contribution in [0.15, 0.2) is 24.3 Å². The molecule has 2 nitrogen and oxygen atoms in total. The number of benzene rings is 1. The summed E-state index contributed by atoms with van der Waals surface area (Å²) in [5.74, 6) is 0. The van der Waals surface area contributed by atoms with Gasteiger partial charge in [0, 0.05) is 5.69 Å². The molecule has 1 rings (SSSR count). The van der Waals surface area contributed by atoms with Gasteiger partial charge in [0.15, 0.2) is 0 Å². The topological polar surface area (TPSA) is 21.3 Å². The van der Waals surface area contributed by atoms with E-state index in [0.717, 1.165) is 25.1 Å². The molecule has 0 fully saturated rings. The Bertz CT molecular complexity index is 543. The second-order valence-electron chi connectivity index (χ2n) is 9.36. The summed E-state index contributed by atoms with van der Waals surface area (Å²) in [4.78, 5) is 0. The SMILES string of the molecule is CCCCCCCCCCCCCCCCCCOC(=S)Nc1ccc(CCCC)cc1. The summed E-state index contributed by atoms with van der Waals surface area (Å²) in [6, 6.07) is 8.54. The number of hydrogen-bond acceptors (Lipinski definition) is 2. The van der Waals surface area contributed by atoms with Crippen molar-refractivity contribution in [1.29, 1.82) is 0 Å². The van der Waals surface area contributed by atoms with Crippen LogP contribution in [0.5, 0.6) is 0 Å². The molecule has 0 saturated carbocycles. The number of anilines is 1. The summed E-state index contributed by atoms with van der Waals surface area (Å²) in [6.45, 7) is 5.24. The minimum Gasteiger partial charge on any atom is -0.471 e. The molecule has 3 heteroatoms. The molecule has 0 unspecified atom stereocenters. The lowest BCUT2D eigenvalue weighted by molar-refractivity contribution is 0.298. The zero-order valence-corrected chi connectivity index (χ0v) is 22.1. The molecular weight excluding hydrogens is 410 g/mol. The van der Waals surface area contributed by atoms with E-state index in [9.17, 15) is 0 Å². The smallest absolute Gasteiger partial charge is 0.261 e. The van der Waals surface area contributed by atoms with Crippen LogP contribution in [0, 0.1) is 0 Å². The summed E-state index contributed by atoms with van der Waals surface area (Å²) in [5, 5.41) is 3.68. The van der Waals surface area contributed by atoms with E-state index >= 15 is 0 Å². The Hall–Kier alpha value is -1.09. The van der Waals surface area contributed by atoms with Crippen molar-refractivity contribution in [2.24, 2.45) is 0 Å². The van der Waals surface area contributed by atoms with Gasteiger partial charge in [0.1, 0.15) is 0 Å². The van der Waals surface area contributed by atoms with Crippen molar-refractivity contribution in [1.82, 2.24) is 0 Å². The number of nitrogens with one attached hydrogen (secondary N) is 1. The summed E-state index contributed by atoms with van der Waals surface area (Å²) in [7, 11) is 0. The van der Waals surface area contributed by atoms with E-state index in [2.05, 4.69) is 43.4 Å². The van der Waals surface area contributed by atoms with Crippen LogP contribution < -0.4 is 5.32 Å². The van der Waals surface area contributed by atoms with Gasteiger partial charge in [0.2, 0.25) is 0 Å². The first-order valence-corrected chi connectivity index (χ1v) is 14.2. The molecule has 0 aromatic heterocycles. The Labute approximate surface area is 205 Å². The van der Waals surface area contributed by atoms with Crippen molar-refractivity contribution in [3.05, 3.63) is 29.8 Å². The van der Waals surface area contributed by atoms with Crippen molar-refractivity contribution in [2.75, 3.05) is 11.9 Å². The zero-order chi connectivity index (χ0) is 23.1. The molecule has 0 spiro atoms. The lowest BCUT2D eigenvalue weighted by Gasteiger charge is -2.10. The quantitative estimate of drug-likeness (QED) is 0.145. The molecule has 0 atom stereocenters. The maximum atomic E-state index is 5.68. The number of hydrogen-bond donors (Lipinski definition) is 1. The molecule has 1 N–H and O–H groups in total. The fourth-order valence-electron chi connectivity index (χ4n) is 4.10. The van der Waals surface area contributed by atoms with Crippen LogP contribution in [0.2, 0.25) is 0 Å². The standard InChI is InChI=1S/C29H51NOS/c1-3-5-7-8-9-10-11-12-13-14-15-16-17-18-19-20-26-31-29(32)30-28-24-22-27(23-25-28)21-6-4-2/h22-25H,3-21,26H2,1-2H3,(H,30,32). The molecule has 0 heterocycles. The van der Waals surface area contributed by atoms with Crippen molar-refractivity contribution < 1.29 is 4.74 Å². The first-order valence-electron chi connectivity index (χ1n) is 13.8. The van der Waals surface area contributed by atoms with Gasteiger partial charge in [-0.1, -0.05) is 129 Å². The van der Waals surface area contributed by atoms with Gasteiger partial charge in [-0.25, -0.2) is 0 Å². The van der Waals surface area contributed by atoms with Gasteiger partial charge in [-0.05, 0) is 49.2 Å². The van der Waals surface area contributed by atoms with E-state index in [0.29, 0.717) is 5.17 Å². The Kier molecular flexibility index (Phi) is 19.7. The van der Waals surface area contributed by atoms with Crippen molar-refractivity contribution in [3.63, 3.8) is 0 Å².